The van der Waals surface area contributed by atoms with E-state index in [0.29, 0.717) is 11.1 Å². The smallest absolute Gasteiger partial charge is 0.323 e. The first-order valence-electron chi connectivity index (χ1n) is 6.59. The van der Waals surface area contributed by atoms with Gasteiger partial charge in [0.25, 0.3) is 11.9 Å². The molecule has 0 saturated heterocycles. The second-order valence-corrected chi connectivity index (χ2v) is 4.58. The fraction of sp³-hybridized carbons (Fsp3) is 0.267. The molecule has 1 aromatic rings. The number of fused-ring (bicyclic) bond motifs is 1. The Morgan fingerprint density at radius 2 is 2.09 bits per heavy atom. The number of benzene rings is 1. The number of hydrogen-bond acceptors (Lipinski definition) is 5. The number of carbonyl (C=O) groups excluding carboxylic acids is 1. The van der Waals surface area contributed by atoms with Crippen LogP contribution in [0.3, 0.4) is 0 Å². The van der Waals surface area contributed by atoms with Crippen molar-refractivity contribution < 1.29 is 24.5 Å². The zero-order chi connectivity index (χ0) is 16.3. The predicted molar refractivity (Wildman–Crippen MR) is 74.7 cm³/mol. The van der Waals surface area contributed by atoms with E-state index < -0.39 is 30.4 Å². The summed E-state index contributed by atoms with van der Waals surface area (Å²) in [6, 6.07) is 7.34. The number of ether oxygens (including phenoxy) is 1. The number of amides is 1. The fourth-order valence-electron chi connectivity index (χ4n) is 2.43. The van der Waals surface area contributed by atoms with Crippen LogP contribution in [0.15, 0.2) is 35.8 Å². The number of carboxylic acid groups (broad SMARTS) is 1. The summed E-state index contributed by atoms with van der Waals surface area (Å²) in [5.74, 6) is -2.31. The van der Waals surface area contributed by atoms with Gasteiger partial charge >= 0.3 is 5.97 Å². The summed E-state index contributed by atoms with van der Waals surface area (Å²) in [5.41, 5.74) is 0.587. The van der Waals surface area contributed by atoms with Crippen molar-refractivity contribution in [1.29, 1.82) is 5.26 Å². The predicted octanol–water partition coefficient (Wildman–Crippen LogP) is 1.60. The number of aliphatic carboxylic acids is 1. The summed E-state index contributed by atoms with van der Waals surface area (Å²) in [6.07, 6.45) is 0. The molecule has 1 heterocycles. The summed E-state index contributed by atoms with van der Waals surface area (Å²) in [6.45, 7) is 1.19. The molecule has 22 heavy (non-hydrogen) atoms. The third kappa shape index (κ3) is 2.59. The molecule has 0 spiro atoms. The molecule has 2 N–H and O–H groups in total. The minimum absolute atomic E-state index is 0.137. The van der Waals surface area contributed by atoms with Crippen LogP contribution in [0.5, 0.6) is 0 Å². The third-order valence-electron chi connectivity index (χ3n) is 3.27. The number of rotatable bonds is 5. The highest BCUT2D eigenvalue weighted by Gasteiger charge is 2.41. The van der Waals surface area contributed by atoms with Gasteiger partial charge in [-0.1, -0.05) is 18.2 Å². The molecule has 0 saturated carbocycles. The quantitative estimate of drug-likeness (QED) is 0.631. The zero-order valence-electron chi connectivity index (χ0n) is 11.8. The molecule has 2 rings (SSSR count). The van der Waals surface area contributed by atoms with Gasteiger partial charge in [-0.25, -0.2) is 0 Å². The third-order valence-corrected chi connectivity index (χ3v) is 3.27. The van der Waals surface area contributed by atoms with Crippen LogP contribution in [-0.4, -0.2) is 40.1 Å². The number of nitriles is 1. The Hall–Kier alpha value is -3.01. The fourth-order valence-corrected chi connectivity index (χ4v) is 2.43. The normalized spacial score (nSPS) is 17.5. The molecule has 114 valence electrons. The first kappa shape index (κ1) is 15.4. The van der Waals surface area contributed by atoms with Crippen molar-refractivity contribution in [2.75, 3.05) is 13.2 Å². The summed E-state index contributed by atoms with van der Waals surface area (Å²) < 4.78 is 4.94. The molecule has 1 aromatic carbocycles. The van der Waals surface area contributed by atoms with Gasteiger partial charge in [0.15, 0.2) is 0 Å². The summed E-state index contributed by atoms with van der Waals surface area (Å²) in [5, 5.41) is 28.2. The molecule has 7 nitrogen and oxygen atoms in total. The second-order valence-electron chi connectivity index (χ2n) is 4.58. The Kier molecular flexibility index (Phi) is 4.32. The monoisotopic (exact) mass is 302 g/mol. The Bertz CT molecular complexity index is 689. The van der Waals surface area contributed by atoms with Gasteiger partial charge in [0.2, 0.25) is 0 Å². The lowest BCUT2D eigenvalue weighted by Gasteiger charge is -2.23. The van der Waals surface area contributed by atoms with Gasteiger partial charge in [-0.05, 0) is 18.6 Å². The molecule has 1 amide bonds. The topological polar surface area (TPSA) is 111 Å². The van der Waals surface area contributed by atoms with Crippen molar-refractivity contribution in [1.82, 2.24) is 4.90 Å². The molecule has 1 aliphatic heterocycles. The van der Waals surface area contributed by atoms with E-state index in [1.54, 1.807) is 31.2 Å². The van der Waals surface area contributed by atoms with Crippen molar-refractivity contribution in [2.45, 2.75) is 13.0 Å². The Balaban J connectivity index is 2.58. The number of nitrogens with zero attached hydrogens (tertiary/aromatic N) is 2. The van der Waals surface area contributed by atoms with Gasteiger partial charge < -0.3 is 19.8 Å². The van der Waals surface area contributed by atoms with Crippen LogP contribution in [0.2, 0.25) is 0 Å². The van der Waals surface area contributed by atoms with Crippen molar-refractivity contribution in [3.8, 4) is 6.07 Å². The summed E-state index contributed by atoms with van der Waals surface area (Å²) in [7, 11) is 0. The maximum absolute atomic E-state index is 12.4. The van der Waals surface area contributed by atoms with Crippen molar-refractivity contribution in [3.05, 3.63) is 46.9 Å². The van der Waals surface area contributed by atoms with Crippen molar-refractivity contribution in [2.24, 2.45) is 0 Å². The summed E-state index contributed by atoms with van der Waals surface area (Å²) in [4.78, 5) is 24.4. The lowest BCUT2D eigenvalue weighted by atomic mass is 9.99. The number of hydrogen-bond donors (Lipinski definition) is 2. The standard InChI is InChI=1S/C15H14N2O5/c1-2-22-15(21)11(7-16)13-9-5-3-4-6-10(9)14(20)17(13)8-12(18)19/h3-6,13,21H,2,8H2,1H3,(H,18,19)/b15-11-. The largest absolute Gasteiger partial charge is 0.480 e. The molecule has 7 heteroatoms. The highest BCUT2D eigenvalue weighted by atomic mass is 16.6. The van der Waals surface area contributed by atoms with Crippen LogP contribution >= 0.6 is 0 Å². The maximum Gasteiger partial charge on any atom is 0.323 e. The molecule has 0 fully saturated rings. The van der Waals surface area contributed by atoms with E-state index in [-0.39, 0.29) is 12.2 Å². The van der Waals surface area contributed by atoms with E-state index in [1.165, 1.54) is 0 Å². The van der Waals surface area contributed by atoms with Crippen LogP contribution < -0.4 is 0 Å². The number of carbonyl (C=O) groups is 2. The number of carboxylic acids is 1. The first-order valence-corrected chi connectivity index (χ1v) is 6.59. The first-order chi connectivity index (χ1) is 10.5. The lowest BCUT2D eigenvalue weighted by molar-refractivity contribution is -0.138. The van der Waals surface area contributed by atoms with Crippen LogP contribution in [0.4, 0.5) is 0 Å². The second kappa shape index (κ2) is 6.18. The van der Waals surface area contributed by atoms with E-state index in [1.807, 2.05) is 6.07 Å². The van der Waals surface area contributed by atoms with Gasteiger partial charge in [0.1, 0.15) is 24.2 Å². The Morgan fingerprint density at radius 3 is 2.68 bits per heavy atom. The van der Waals surface area contributed by atoms with Gasteiger partial charge in [-0.15, -0.1) is 0 Å². The van der Waals surface area contributed by atoms with Crippen molar-refractivity contribution >= 4 is 11.9 Å². The van der Waals surface area contributed by atoms with Crippen LogP contribution in [0.25, 0.3) is 0 Å². The molecule has 1 aliphatic rings. The molecule has 0 bridgehead atoms. The molecule has 0 aliphatic carbocycles. The van der Waals surface area contributed by atoms with Gasteiger partial charge in [-0.3, -0.25) is 9.59 Å². The van der Waals surface area contributed by atoms with Gasteiger partial charge in [-0.2, -0.15) is 5.26 Å². The lowest BCUT2D eigenvalue weighted by Crippen LogP contribution is -2.34. The van der Waals surface area contributed by atoms with Crippen LogP contribution in [-0.2, 0) is 9.53 Å². The van der Waals surface area contributed by atoms with Crippen LogP contribution in [0, 0.1) is 11.3 Å². The minimum Gasteiger partial charge on any atom is -0.480 e. The molecule has 1 atom stereocenters. The van der Waals surface area contributed by atoms with E-state index >= 15 is 0 Å². The molecular weight excluding hydrogens is 288 g/mol. The summed E-state index contributed by atoms with van der Waals surface area (Å²) >= 11 is 0. The van der Waals surface area contributed by atoms with E-state index in [4.69, 9.17) is 9.84 Å². The maximum atomic E-state index is 12.4. The van der Waals surface area contributed by atoms with Gasteiger partial charge in [0, 0.05) is 5.56 Å². The molecule has 0 radical (unpaired) electrons. The van der Waals surface area contributed by atoms with Crippen LogP contribution in [0.1, 0.15) is 28.9 Å². The highest BCUT2D eigenvalue weighted by molar-refractivity contribution is 6.01. The SMILES string of the molecule is CCO/C(O)=C(/C#N)C1c2ccccc2C(=O)N1CC(=O)O. The number of aliphatic hydroxyl groups excluding tert-OH is 1. The van der Waals surface area contributed by atoms with Gasteiger partial charge in [0.05, 0.1) is 6.61 Å². The average Bonchev–Trinajstić information content (AvgIpc) is 2.74. The molecular formula is C15H14N2O5. The number of aliphatic hydroxyl groups is 1. The Morgan fingerprint density at radius 1 is 1.41 bits per heavy atom. The Labute approximate surface area is 126 Å². The minimum atomic E-state index is -1.21. The average molecular weight is 302 g/mol. The zero-order valence-corrected chi connectivity index (χ0v) is 11.8. The van der Waals surface area contributed by atoms with E-state index in [2.05, 4.69) is 0 Å². The van der Waals surface area contributed by atoms with Crippen molar-refractivity contribution in [3.63, 3.8) is 0 Å². The van der Waals surface area contributed by atoms with E-state index in [9.17, 15) is 20.0 Å². The van der Waals surface area contributed by atoms with E-state index in [0.717, 1.165) is 4.90 Å². The molecule has 1 unspecified atom stereocenters. The highest BCUT2D eigenvalue weighted by Crippen LogP contribution is 2.39. The molecule has 0 aromatic heterocycles.